The summed E-state index contributed by atoms with van der Waals surface area (Å²) in [6.07, 6.45) is 0. The molecule has 1 amide bonds. The zero-order chi connectivity index (χ0) is 14.1. The van der Waals surface area contributed by atoms with Crippen molar-refractivity contribution in [2.45, 2.75) is 5.37 Å². The number of thioether (sulfide) groups is 1. The van der Waals surface area contributed by atoms with Gasteiger partial charge in [0.15, 0.2) is 0 Å². The van der Waals surface area contributed by atoms with Gasteiger partial charge in [0.2, 0.25) is 5.91 Å². The zero-order valence-corrected chi connectivity index (χ0v) is 12.8. The van der Waals surface area contributed by atoms with E-state index in [2.05, 4.69) is 15.9 Å². The molecule has 0 N–H and O–H groups in total. The molecule has 0 radical (unpaired) electrons. The van der Waals surface area contributed by atoms with E-state index in [-0.39, 0.29) is 17.1 Å². The van der Waals surface area contributed by atoms with Crippen molar-refractivity contribution in [1.29, 1.82) is 0 Å². The molecule has 102 valence electrons. The van der Waals surface area contributed by atoms with E-state index in [1.165, 1.54) is 12.1 Å². The number of hydrogen-bond acceptors (Lipinski definition) is 2. The number of anilines is 1. The third-order valence-electron chi connectivity index (χ3n) is 3.09. The van der Waals surface area contributed by atoms with Crippen LogP contribution in [0.1, 0.15) is 10.9 Å². The quantitative estimate of drug-likeness (QED) is 0.800. The summed E-state index contributed by atoms with van der Waals surface area (Å²) in [5.74, 6) is 0.0824. The first-order valence-electron chi connectivity index (χ1n) is 6.10. The number of hydrogen-bond donors (Lipinski definition) is 0. The van der Waals surface area contributed by atoms with Gasteiger partial charge in [0.1, 0.15) is 11.2 Å². The van der Waals surface area contributed by atoms with Crippen LogP contribution >= 0.6 is 27.7 Å². The Labute approximate surface area is 129 Å². The highest BCUT2D eigenvalue weighted by atomic mass is 79.9. The molecule has 1 fully saturated rings. The van der Waals surface area contributed by atoms with Crippen molar-refractivity contribution < 1.29 is 9.18 Å². The summed E-state index contributed by atoms with van der Waals surface area (Å²) in [5, 5.41) is -0.109. The van der Waals surface area contributed by atoms with Crippen molar-refractivity contribution in [3.8, 4) is 0 Å². The van der Waals surface area contributed by atoms with Crippen LogP contribution in [0.25, 0.3) is 0 Å². The van der Waals surface area contributed by atoms with Crippen molar-refractivity contribution in [3.05, 3.63) is 64.4 Å². The molecule has 1 saturated heterocycles. The van der Waals surface area contributed by atoms with Crippen LogP contribution < -0.4 is 4.90 Å². The Hall–Kier alpha value is -1.33. The lowest BCUT2D eigenvalue weighted by Crippen LogP contribution is -2.27. The van der Waals surface area contributed by atoms with Gasteiger partial charge in [0, 0.05) is 10.2 Å². The van der Waals surface area contributed by atoms with Crippen LogP contribution in [-0.2, 0) is 4.79 Å². The van der Waals surface area contributed by atoms with Gasteiger partial charge in [0.05, 0.1) is 5.75 Å². The van der Waals surface area contributed by atoms with Gasteiger partial charge >= 0.3 is 0 Å². The molecule has 3 rings (SSSR count). The minimum absolute atomic E-state index is 0.00516. The maximum Gasteiger partial charge on any atom is 0.238 e. The lowest BCUT2D eigenvalue weighted by atomic mass is 10.2. The number of halogens is 2. The summed E-state index contributed by atoms with van der Waals surface area (Å²) in [4.78, 5) is 13.8. The summed E-state index contributed by atoms with van der Waals surface area (Å²) < 4.78 is 14.4. The van der Waals surface area contributed by atoms with Crippen LogP contribution in [0.2, 0.25) is 0 Å². The Morgan fingerprint density at radius 3 is 2.75 bits per heavy atom. The minimum atomic E-state index is -0.333. The molecule has 0 aliphatic carbocycles. The third kappa shape index (κ3) is 2.60. The molecule has 2 nitrogen and oxygen atoms in total. The highest BCUT2D eigenvalue weighted by Crippen LogP contribution is 2.42. The SMILES string of the molecule is O=C1CS[C@H](c2cccc(Br)c2)N1c1cccc(F)c1. The molecular formula is C15H11BrFNOS. The van der Waals surface area contributed by atoms with Gasteiger partial charge in [0.25, 0.3) is 0 Å². The maximum atomic E-state index is 13.4. The van der Waals surface area contributed by atoms with Crippen molar-refractivity contribution in [1.82, 2.24) is 0 Å². The summed E-state index contributed by atoms with van der Waals surface area (Å²) in [5.41, 5.74) is 1.63. The molecule has 0 bridgehead atoms. The van der Waals surface area contributed by atoms with Crippen LogP contribution in [-0.4, -0.2) is 11.7 Å². The highest BCUT2D eigenvalue weighted by molar-refractivity contribution is 9.10. The monoisotopic (exact) mass is 351 g/mol. The molecule has 2 aromatic carbocycles. The average Bonchev–Trinajstić information content (AvgIpc) is 2.80. The first-order valence-corrected chi connectivity index (χ1v) is 7.94. The minimum Gasteiger partial charge on any atom is -0.295 e. The Balaban J connectivity index is 2.01. The largest absolute Gasteiger partial charge is 0.295 e. The molecule has 1 aliphatic heterocycles. The molecule has 2 aromatic rings. The molecule has 1 aliphatic rings. The molecule has 0 aromatic heterocycles. The van der Waals surface area contributed by atoms with Gasteiger partial charge < -0.3 is 0 Å². The summed E-state index contributed by atoms with van der Waals surface area (Å²) in [7, 11) is 0. The zero-order valence-electron chi connectivity index (χ0n) is 10.4. The van der Waals surface area contributed by atoms with Crippen LogP contribution in [0.4, 0.5) is 10.1 Å². The van der Waals surface area contributed by atoms with Gasteiger partial charge in [-0.1, -0.05) is 34.1 Å². The predicted molar refractivity (Wildman–Crippen MR) is 83.2 cm³/mol. The molecule has 1 atom stereocenters. The van der Waals surface area contributed by atoms with Crippen LogP contribution in [0, 0.1) is 5.82 Å². The van der Waals surface area contributed by atoms with Crippen molar-refractivity contribution in [3.63, 3.8) is 0 Å². The number of rotatable bonds is 2. The van der Waals surface area contributed by atoms with Crippen molar-refractivity contribution >= 4 is 39.3 Å². The lowest BCUT2D eigenvalue weighted by Gasteiger charge is -2.24. The van der Waals surface area contributed by atoms with Crippen LogP contribution in [0.15, 0.2) is 53.0 Å². The van der Waals surface area contributed by atoms with E-state index in [9.17, 15) is 9.18 Å². The van der Waals surface area contributed by atoms with E-state index in [0.717, 1.165) is 10.0 Å². The Kier molecular flexibility index (Phi) is 3.81. The first kappa shape index (κ1) is 13.6. The van der Waals surface area contributed by atoms with E-state index >= 15 is 0 Å². The third-order valence-corrected chi connectivity index (χ3v) is 4.79. The van der Waals surface area contributed by atoms with E-state index in [1.807, 2.05) is 24.3 Å². The van der Waals surface area contributed by atoms with E-state index in [1.54, 1.807) is 28.8 Å². The van der Waals surface area contributed by atoms with Gasteiger partial charge in [-0.05, 0) is 35.9 Å². The molecular weight excluding hydrogens is 341 g/mol. The topological polar surface area (TPSA) is 20.3 Å². The Bertz CT molecular complexity index is 664. The van der Waals surface area contributed by atoms with E-state index < -0.39 is 0 Å². The summed E-state index contributed by atoms with van der Waals surface area (Å²) in [6, 6.07) is 14.0. The van der Waals surface area contributed by atoms with Crippen LogP contribution in [0.5, 0.6) is 0 Å². The number of benzene rings is 2. The second kappa shape index (κ2) is 5.58. The summed E-state index contributed by atoms with van der Waals surface area (Å²) >= 11 is 4.99. The molecule has 1 heterocycles. The normalized spacial score (nSPS) is 18.6. The van der Waals surface area contributed by atoms with Crippen LogP contribution in [0.3, 0.4) is 0 Å². The fourth-order valence-corrected chi connectivity index (χ4v) is 3.82. The number of amides is 1. The van der Waals surface area contributed by atoms with Gasteiger partial charge in [-0.3, -0.25) is 9.69 Å². The average molecular weight is 352 g/mol. The number of carbonyl (C=O) groups is 1. The molecule has 0 unspecified atom stereocenters. The van der Waals surface area contributed by atoms with E-state index in [4.69, 9.17) is 0 Å². The van der Waals surface area contributed by atoms with E-state index in [0.29, 0.717) is 11.4 Å². The Morgan fingerprint density at radius 1 is 1.20 bits per heavy atom. The van der Waals surface area contributed by atoms with Crippen molar-refractivity contribution in [2.75, 3.05) is 10.7 Å². The number of carbonyl (C=O) groups excluding carboxylic acids is 1. The fourth-order valence-electron chi connectivity index (χ4n) is 2.24. The Morgan fingerprint density at radius 2 is 2.00 bits per heavy atom. The maximum absolute atomic E-state index is 13.4. The van der Waals surface area contributed by atoms with Gasteiger partial charge in [-0.15, -0.1) is 11.8 Å². The predicted octanol–water partition coefficient (Wildman–Crippen LogP) is 4.37. The number of nitrogens with zero attached hydrogens (tertiary/aromatic N) is 1. The lowest BCUT2D eigenvalue weighted by molar-refractivity contribution is -0.115. The van der Waals surface area contributed by atoms with Gasteiger partial charge in [-0.2, -0.15) is 0 Å². The molecule has 20 heavy (non-hydrogen) atoms. The molecule has 0 saturated carbocycles. The fraction of sp³-hybridized carbons (Fsp3) is 0.133. The molecule has 0 spiro atoms. The molecule has 5 heteroatoms. The van der Waals surface area contributed by atoms with Crippen molar-refractivity contribution in [2.24, 2.45) is 0 Å². The highest BCUT2D eigenvalue weighted by Gasteiger charge is 2.34. The van der Waals surface area contributed by atoms with Gasteiger partial charge in [-0.25, -0.2) is 4.39 Å². The standard InChI is InChI=1S/C15H11BrFNOS/c16-11-4-1-3-10(7-11)15-18(14(19)9-20-15)13-6-2-5-12(17)8-13/h1-8,15H,9H2/t15-/m1/s1. The second-order valence-electron chi connectivity index (χ2n) is 4.46. The smallest absolute Gasteiger partial charge is 0.238 e. The second-order valence-corrected chi connectivity index (χ2v) is 6.45. The summed E-state index contributed by atoms with van der Waals surface area (Å²) in [6.45, 7) is 0. The first-order chi connectivity index (χ1) is 9.65.